The second-order valence-corrected chi connectivity index (χ2v) is 6.09. The molecule has 0 saturated carbocycles. The summed E-state index contributed by atoms with van der Waals surface area (Å²) in [5.74, 6) is 0. The third kappa shape index (κ3) is 3.81. The Morgan fingerprint density at radius 1 is 1.19 bits per heavy atom. The van der Waals surface area contributed by atoms with Gasteiger partial charge in [-0.15, -0.1) is 4.40 Å². The van der Waals surface area contributed by atoms with E-state index in [0.717, 1.165) is 0 Å². The molecule has 0 bridgehead atoms. The van der Waals surface area contributed by atoms with Gasteiger partial charge in [0.1, 0.15) is 11.2 Å². The first-order chi connectivity index (χ1) is 10.1. The summed E-state index contributed by atoms with van der Waals surface area (Å²) in [7, 11) is -3.57. The summed E-state index contributed by atoms with van der Waals surface area (Å²) in [5, 5.41) is 0. The first-order valence-corrected chi connectivity index (χ1v) is 8.41. The maximum Gasteiger partial charge on any atom is 0.285 e. The van der Waals surface area contributed by atoms with E-state index in [0.29, 0.717) is 31.9 Å². The Bertz CT molecular complexity index is 595. The average molecular weight is 312 g/mol. The van der Waals surface area contributed by atoms with E-state index in [-0.39, 0.29) is 11.2 Å². The van der Waals surface area contributed by atoms with Crippen LogP contribution in [0.1, 0.15) is 20.3 Å². The van der Waals surface area contributed by atoms with E-state index in [1.807, 2.05) is 19.9 Å². The molecule has 0 unspecified atom stereocenters. The Morgan fingerprint density at radius 2 is 1.86 bits per heavy atom. The molecule has 0 spiro atoms. The van der Waals surface area contributed by atoms with E-state index >= 15 is 0 Å². The van der Waals surface area contributed by atoms with Crippen LogP contribution in [-0.4, -0.2) is 40.8 Å². The molecule has 1 aliphatic rings. The van der Waals surface area contributed by atoms with Crippen LogP contribution in [0.4, 0.5) is 5.69 Å². The number of para-hydroxylation sites is 1. The van der Waals surface area contributed by atoms with Crippen molar-refractivity contribution in [1.82, 2.24) is 0 Å². The predicted octanol–water partition coefficient (Wildman–Crippen LogP) is 2.01. The van der Waals surface area contributed by atoms with Crippen molar-refractivity contribution in [3.8, 4) is 0 Å². The van der Waals surface area contributed by atoms with Crippen molar-refractivity contribution in [1.29, 1.82) is 0 Å². The number of sulfonamides is 1. The highest BCUT2D eigenvalue weighted by molar-refractivity contribution is 7.90. The van der Waals surface area contributed by atoms with Crippen molar-refractivity contribution in [2.75, 3.05) is 24.7 Å². The molecular formula is C14H20N2O4S. The van der Waals surface area contributed by atoms with Crippen molar-refractivity contribution in [2.45, 2.75) is 31.5 Å². The third-order valence-corrected chi connectivity index (χ3v) is 4.36. The first-order valence-electron chi connectivity index (χ1n) is 6.97. The van der Waals surface area contributed by atoms with Crippen LogP contribution >= 0.6 is 0 Å². The Kier molecular flexibility index (Phi) is 5.33. The maximum atomic E-state index is 11.9. The van der Waals surface area contributed by atoms with Crippen molar-refractivity contribution in [2.24, 2.45) is 4.40 Å². The van der Waals surface area contributed by atoms with Gasteiger partial charge in [-0.05, 0) is 26.0 Å². The summed E-state index contributed by atoms with van der Waals surface area (Å²) in [5.41, 5.74) is 0.638. The lowest BCUT2D eigenvalue weighted by Gasteiger charge is -2.26. The van der Waals surface area contributed by atoms with Gasteiger partial charge in [-0.25, -0.2) is 0 Å². The summed E-state index contributed by atoms with van der Waals surface area (Å²) in [6.45, 7) is 5.54. The SMILES string of the molecule is CCOC(CCN1C=NS(=O)(=O)c2ccccc21)OCC. The lowest BCUT2D eigenvalue weighted by atomic mass is 10.2. The summed E-state index contributed by atoms with van der Waals surface area (Å²) in [4.78, 5) is 2.04. The van der Waals surface area contributed by atoms with Crippen molar-refractivity contribution in [3.05, 3.63) is 24.3 Å². The summed E-state index contributed by atoms with van der Waals surface area (Å²) in [6, 6.07) is 6.84. The fourth-order valence-corrected chi connectivity index (χ4v) is 3.21. The third-order valence-electron chi connectivity index (χ3n) is 3.09. The van der Waals surface area contributed by atoms with E-state index < -0.39 is 10.0 Å². The minimum absolute atomic E-state index is 0.233. The van der Waals surface area contributed by atoms with Crippen molar-refractivity contribution in [3.63, 3.8) is 0 Å². The molecule has 0 aromatic heterocycles. The molecule has 0 saturated heterocycles. The number of nitrogens with zero attached hydrogens (tertiary/aromatic N) is 2. The van der Waals surface area contributed by atoms with Crippen LogP contribution in [0.25, 0.3) is 0 Å². The zero-order valence-electron chi connectivity index (χ0n) is 12.2. The molecular weight excluding hydrogens is 292 g/mol. The Balaban J connectivity index is 2.11. The Morgan fingerprint density at radius 3 is 2.52 bits per heavy atom. The van der Waals surface area contributed by atoms with E-state index in [4.69, 9.17) is 9.47 Å². The Labute approximate surface area is 125 Å². The van der Waals surface area contributed by atoms with Gasteiger partial charge in [0.2, 0.25) is 0 Å². The number of hydrogen-bond donors (Lipinski definition) is 0. The molecule has 116 valence electrons. The second-order valence-electron chi connectivity index (χ2n) is 4.49. The first kappa shape index (κ1) is 15.9. The van der Waals surface area contributed by atoms with Crippen LogP contribution < -0.4 is 4.90 Å². The van der Waals surface area contributed by atoms with Crippen LogP contribution in [0, 0.1) is 0 Å². The lowest BCUT2D eigenvalue weighted by molar-refractivity contribution is -0.137. The number of hydrogen-bond acceptors (Lipinski definition) is 5. The van der Waals surface area contributed by atoms with E-state index in [2.05, 4.69) is 4.40 Å². The fraction of sp³-hybridized carbons (Fsp3) is 0.500. The molecule has 1 aromatic carbocycles. The Hall–Kier alpha value is -1.44. The van der Waals surface area contributed by atoms with Crippen LogP contribution in [0.2, 0.25) is 0 Å². The molecule has 1 aromatic rings. The van der Waals surface area contributed by atoms with Gasteiger partial charge in [-0.2, -0.15) is 8.42 Å². The molecule has 0 N–H and O–H groups in total. The van der Waals surface area contributed by atoms with Gasteiger partial charge < -0.3 is 14.4 Å². The van der Waals surface area contributed by atoms with Gasteiger partial charge in [-0.1, -0.05) is 12.1 Å². The average Bonchev–Trinajstić information content (AvgIpc) is 2.47. The van der Waals surface area contributed by atoms with E-state index in [1.54, 1.807) is 23.1 Å². The molecule has 6 nitrogen and oxygen atoms in total. The number of anilines is 1. The van der Waals surface area contributed by atoms with E-state index in [1.165, 1.54) is 6.34 Å². The minimum Gasteiger partial charge on any atom is -0.353 e. The molecule has 0 radical (unpaired) electrons. The minimum atomic E-state index is -3.57. The standard InChI is InChI=1S/C14H20N2O4S/c1-3-19-14(20-4-2)9-10-16-11-15-21(17,18)13-8-6-5-7-12(13)16/h5-8,11,14H,3-4,9-10H2,1-2H3. The van der Waals surface area contributed by atoms with Gasteiger partial charge in [0.25, 0.3) is 10.0 Å². The van der Waals surface area contributed by atoms with Gasteiger partial charge in [0.15, 0.2) is 6.29 Å². The smallest absolute Gasteiger partial charge is 0.285 e. The summed E-state index contributed by atoms with van der Waals surface area (Å²) < 4.78 is 38.4. The van der Waals surface area contributed by atoms with Crippen LogP contribution in [0.5, 0.6) is 0 Å². The van der Waals surface area contributed by atoms with Crippen LogP contribution in [0.15, 0.2) is 33.6 Å². The quantitative estimate of drug-likeness (QED) is 0.720. The van der Waals surface area contributed by atoms with Gasteiger partial charge in [-0.3, -0.25) is 0 Å². The molecule has 1 aliphatic heterocycles. The summed E-state index contributed by atoms with van der Waals surface area (Å²) in [6.07, 6.45) is 1.69. The van der Waals surface area contributed by atoms with Crippen LogP contribution in [-0.2, 0) is 19.5 Å². The number of rotatable bonds is 7. The predicted molar refractivity (Wildman–Crippen MR) is 81.1 cm³/mol. The molecule has 0 atom stereocenters. The molecule has 0 amide bonds. The second kappa shape index (κ2) is 7.02. The highest BCUT2D eigenvalue weighted by atomic mass is 32.2. The van der Waals surface area contributed by atoms with Crippen molar-refractivity contribution < 1.29 is 17.9 Å². The highest BCUT2D eigenvalue weighted by Crippen LogP contribution is 2.29. The summed E-state index contributed by atoms with van der Waals surface area (Å²) >= 11 is 0. The zero-order valence-corrected chi connectivity index (χ0v) is 13.0. The van der Waals surface area contributed by atoms with Crippen LogP contribution in [0.3, 0.4) is 0 Å². The molecule has 2 rings (SSSR count). The van der Waals surface area contributed by atoms with Crippen molar-refractivity contribution >= 4 is 22.0 Å². The monoisotopic (exact) mass is 312 g/mol. The van der Waals surface area contributed by atoms with Gasteiger partial charge in [0, 0.05) is 26.2 Å². The molecule has 0 aliphatic carbocycles. The lowest BCUT2D eigenvalue weighted by Crippen LogP contribution is -2.31. The number of ether oxygens (including phenoxy) is 2. The molecule has 1 heterocycles. The molecule has 21 heavy (non-hydrogen) atoms. The molecule has 7 heteroatoms. The largest absolute Gasteiger partial charge is 0.353 e. The zero-order chi connectivity index (χ0) is 15.3. The normalized spacial score (nSPS) is 16.2. The number of fused-ring (bicyclic) bond motifs is 1. The maximum absolute atomic E-state index is 11.9. The fourth-order valence-electron chi connectivity index (χ4n) is 2.16. The molecule has 0 fully saturated rings. The van der Waals surface area contributed by atoms with Gasteiger partial charge in [0.05, 0.1) is 5.69 Å². The highest BCUT2D eigenvalue weighted by Gasteiger charge is 2.25. The van der Waals surface area contributed by atoms with Gasteiger partial charge >= 0.3 is 0 Å². The topological polar surface area (TPSA) is 68.2 Å². The van der Waals surface area contributed by atoms with E-state index in [9.17, 15) is 8.42 Å². The number of benzene rings is 1.